The number of benzene rings is 4. The highest BCUT2D eigenvalue weighted by molar-refractivity contribution is 8.03. The number of hydrogen-bond donors (Lipinski definition) is 1. The lowest BCUT2D eigenvalue weighted by Crippen LogP contribution is -1.98. The zero-order valence-electron chi connectivity index (χ0n) is 20.1. The Morgan fingerprint density at radius 1 is 1.03 bits per heavy atom. The zero-order valence-corrected chi connectivity index (χ0v) is 21.7. The Balaban J connectivity index is 1.34. The predicted octanol–water partition coefficient (Wildman–Crippen LogP) is 7.35. The van der Waals surface area contributed by atoms with Gasteiger partial charge in [-0.15, -0.1) is 10.2 Å². The molecule has 0 aliphatic carbocycles. The first-order valence-electron chi connectivity index (χ1n) is 11.5. The van der Waals surface area contributed by atoms with E-state index in [9.17, 15) is 9.90 Å². The van der Waals surface area contributed by atoms with Gasteiger partial charge in [0.15, 0.2) is 0 Å². The lowest BCUT2D eigenvalue weighted by molar-refractivity contribution is -0.131. The van der Waals surface area contributed by atoms with E-state index in [1.54, 1.807) is 30.3 Å². The summed E-state index contributed by atoms with van der Waals surface area (Å²) in [5, 5.41) is 20.6. The van der Waals surface area contributed by atoms with Gasteiger partial charge in [-0.3, -0.25) is 0 Å². The summed E-state index contributed by atoms with van der Waals surface area (Å²) in [6, 6.07) is 26.5. The van der Waals surface area contributed by atoms with Crippen molar-refractivity contribution in [1.82, 2.24) is 10.2 Å². The molecule has 0 radical (unpaired) electrons. The van der Waals surface area contributed by atoms with Crippen LogP contribution in [0.25, 0.3) is 28.3 Å². The van der Waals surface area contributed by atoms with Gasteiger partial charge in [0, 0.05) is 5.02 Å². The predicted molar refractivity (Wildman–Crippen MR) is 147 cm³/mol. The molecule has 5 rings (SSSR count). The fourth-order valence-corrected chi connectivity index (χ4v) is 4.71. The quantitative estimate of drug-likeness (QED) is 0.152. The molecule has 7 nitrogen and oxygen atoms in total. The van der Waals surface area contributed by atoms with Crippen LogP contribution in [0.2, 0.25) is 5.02 Å². The molecular formula is C29H21ClN2O5S. The number of carboxylic acid groups (broad SMARTS) is 1. The molecule has 0 aliphatic rings. The standard InChI is InChI=1S/C29H21ClN2O5S/c1-35-25-13-12-21(30)16-24(25)27-31-32-29(37-27)38-26(28(33)34)15-18-6-4-10-22(14-18)36-17-20-9-5-8-19-7-2-3-11-23(19)20/h2-16H,17H2,1H3,(H,33,34)/b26-15-. The van der Waals surface area contributed by atoms with Gasteiger partial charge in [-0.05, 0) is 70.1 Å². The van der Waals surface area contributed by atoms with Gasteiger partial charge < -0.3 is 19.0 Å². The van der Waals surface area contributed by atoms with Crippen LogP contribution in [0.3, 0.4) is 0 Å². The summed E-state index contributed by atoms with van der Waals surface area (Å²) >= 11 is 6.94. The number of thioether (sulfide) groups is 1. The Morgan fingerprint density at radius 3 is 2.68 bits per heavy atom. The second-order valence-electron chi connectivity index (χ2n) is 8.13. The number of fused-ring (bicyclic) bond motifs is 1. The van der Waals surface area contributed by atoms with E-state index in [0.29, 0.717) is 34.3 Å². The van der Waals surface area contributed by atoms with E-state index in [2.05, 4.69) is 28.4 Å². The number of halogens is 1. The summed E-state index contributed by atoms with van der Waals surface area (Å²) in [5.41, 5.74) is 2.23. The van der Waals surface area contributed by atoms with Gasteiger partial charge in [0.1, 0.15) is 23.0 Å². The van der Waals surface area contributed by atoms with Gasteiger partial charge >= 0.3 is 5.97 Å². The number of aromatic nitrogens is 2. The number of carbonyl (C=O) groups is 1. The van der Waals surface area contributed by atoms with Crippen molar-refractivity contribution >= 4 is 46.2 Å². The molecule has 1 aromatic heterocycles. The molecule has 0 aliphatic heterocycles. The maximum Gasteiger partial charge on any atom is 0.342 e. The zero-order chi connectivity index (χ0) is 26.5. The lowest BCUT2D eigenvalue weighted by atomic mass is 10.1. The Morgan fingerprint density at radius 2 is 1.84 bits per heavy atom. The van der Waals surface area contributed by atoms with Crippen LogP contribution in [0.1, 0.15) is 11.1 Å². The average Bonchev–Trinajstić information content (AvgIpc) is 3.40. The minimum atomic E-state index is -1.13. The van der Waals surface area contributed by atoms with Crippen LogP contribution >= 0.6 is 23.4 Å². The molecule has 9 heteroatoms. The molecule has 0 saturated heterocycles. The Hall–Kier alpha value is -4.27. The molecule has 5 aromatic rings. The smallest absolute Gasteiger partial charge is 0.342 e. The number of nitrogens with zero attached hydrogens (tertiary/aromatic N) is 2. The summed E-state index contributed by atoms with van der Waals surface area (Å²) in [6.07, 6.45) is 1.53. The second-order valence-corrected chi connectivity index (χ2v) is 9.56. The molecule has 0 atom stereocenters. The van der Waals surface area contributed by atoms with Gasteiger partial charge in [0.25, 0.3) is 11.1 Å². The van der Waals surface area contributed by atoms with E-state index < -0.39 is 5.97 Å². The summed E-state index contributed by atoms with van der Waals surface area (Å²) in [5.74, 6) is 0.163. The number of rotatable bonds is 9. The van der Waals surface area contributed by atoms with Crippen LogP contribution in [-0.2, 0) is 11.4 Å². The van der Waals surface area contributed by atoms with E-state index in [1.807, 2.05) is 36.4 Å². The fraction of sp³-hybridized carbons (Fsp3) is 0.0690. The first-order valence-corrected chi connectivity index (χ1v) is 12.7. The van der Waals surface area contributed by atoms with Crippen LogP contribution < -0.4 is 9.47 Å². The summed E-state index contributed by atoms with van der Waals surface area (Å²) in [6.45, 7) is 0.382. The maximum atomic E-state index is 12.0. The molecule has 4 aromatic carbocycles. The van der Waals surface area contributed by atoms with Crippen LogP contribution in [-0.4, -0.2) is 28.4 Å². The number of carboxylic acids is 1. The molecule has 0 spiro atoms. The Kier molecular flexibility index (Phi) is 7.62. The third-order valence-corrected chi connectivity index (χ3v) is 6.72. The van der Waals surface area contributed by atoms with Crippen molar-refractivity contribution in [3.63, 3.8) is 0 Å². The third kappa shape index (κ3) is 5.82. The van der Waals surface area contributed by atoms with Crippen LogP contribution in [0, 0.1) is 0 Å². The van der Waals surface area contributed by atoms with E-state index in [0.717, 1.165) is 28.1 Å². The average molecular weight is 545 g/mol. The topological polar surface area (TPSA) is 94.7 Å². The molecule has 0 saturated carbocycles. The fourth-order valence-electron chi connectivity index (χ4n) is 3.86. The molecule has 190 valence electrons. The molecular weight excluding hydrogens is 524 g/mol. The lowest BCUT2D eigenvalue weighted by Gasteiger charge is -2.10. The van der Waals surface area contributed by atoms with Crippen LogP contribution in [0.5, 0.6) is 11.5 Å². The summed E-state index contributed by atoms with van der Waals surface area (Å²) in [7, 11) is 1.52. The maximum absolute atomic E-state index is 12.0. The summed E-state index contributed by atoms with van der Waals surface area (Å²) in [4.78, 5) is 12.0. The number of aliphatic carboxylic acids is 1. The molecule has 0 bridgehead atoms. The number of ether oxygens (including phenoxy) is 2. The molecule has 1 heterocycles. The van der Waals surface area contributed by atoms with E-state index in [1.165, 1.54) is 13.2 Å². The van der Waals surface area contributed by atoms with E-state index in [-0.39, 0.29) is 16.0 Å². The first kappa shape index (κ1) is 25.4. The van der Waals surface area contributed by atoms with Crippen molar-refractivity contribution in [3.8, 4) is 23.0 Å². The van der Waals surface area contributed by atoms with Gasteiger partial charge in [0.2, 0.25) is 0 Å². The largest absolute Gasteiger partial charge is 0.496 e. The molecule has 0 amide bonds. The van der Waals surface area contributed by atoms with Gasteiger partial charge in [-0.2, -0.15) is 0 Å². The molecule has 38 heavy (non-hydrogen) atoms. The van der Waals surface area contributed by atoms with Gasteiger partial charge in [0.05, 0.1) is 12.7 Å². The third-order valence-electron chi connectivity index (χ3n) is 5.64. The second kappa shape index (κ2) is 11.4. The molecule has 0 unspecified atom stereocenters. The van der Waals surface area contributed by atoms with Crippen molar-refractivity contribution in [2.24, 2.45) is 0 Å². The highest BCUT2D eigenvalue weighted by atomic mass is 35.5. The van der Waals surface area contributed by atoms with Gasteiger partial charge in [-0.25, -0.2) is 4.79 Å². The number of hydrogen-bond acceptors (Lipinski definition) is 7. The summed E-state index contributed by atoms with van der Waals surface area (Å²) < 4.78 is 17.1. The normalized spacial score (nSPS) is 11.5. The van der Waals surface area contributed by atoms with Crippen molar-refractivity contribution < 1.29 is 23.8 Å². The van der Waals surface area contributed by atoms with Crippen molar-refractivity contribution in [2.45, 2.75) is 11.8 Å². The van der Waals surface area contributed by atoms with E-state index in [4.69, 9.17) is 25.5 Å². The van der Waals surface area contributed by atoms with Crippen LogP contribution in [0.15, 0.2) is 99.5 Å². The molecule has 1 N–H and O–H groups in total. The highest BCUT2D eigenvalue weighted by Crippen LogP contribution is 2.35. The Bertz CT molecular complexity index is 1640. The first-order chi connectivity index (χ1) is 18.5. The van der Waals surface area contributed by atoms with Crippen molar-refractivity contribution in [2.75, 3.05) is 7.11 Å². The van der Waals surface area contributed by atoms with Crippen LogP contribution in [0.4, 0.5) is 0 Å². The highest BCUT2D eigenvalue weighted by Gasteiger charge is 2.18. The molecule has 0 fully saturated rings. The Labute approximate surface area is 227 Å². The van der Waals surface area contributed by atoms with Crippen molar-refractivity contribution in [3.05, 3.63) is 106 Å². The monoisotopic (exact) mass is 544 g/mol. The van der Waals surface area contributed by atoms with E-state index >= 15 is 0 Å². The van der Waals surface area contributed by atoms with Gasteiger partial charge in [-0.1, -0.05) is 66.2 Å². The van der Waals surface area contributed by atoms with Crippen molar-refractivity contribution in [1.29, 1.82) is 0 Å². The number of methoxy groups -OCH3 is 1. The minimum absolute atomic E-state index is 0.00413. The SMILES string of the molecule is COc1ccc(Cl)cc1-c1nnc(S/C(=C\c2cccc(OCc3cccc4ccccc34)c2)C(=O)O)o1. The minimum Gasteiger partial charge on any atom is -0.496 e.